The molecular formula is C22H18N2O3S. The normalized spacial score (nSPS) is 10.9. The molecule has 140 valence electrons. The van der Waals surface area contributed by atoms with Crippen LogP contribution in [0.5, 0.6) is 0 Å². The van der Waals surface area contributed by atoms with Gasteiger partial charge in [0.15, 0.2) is 4.96 Å². The molecule has 0 aliphatic carbocycles. The van der Waals surface area contributed by atoms with Gasteiger partial charge in [0.1, 0.15) is 6.61 Å². The van der Waals surface area contributed by atoms with Crippen LogP contribution in [0.4, 0.5) is 0 Å². The maximum atomic E-state index is 12.7. The van der Waals surface area contributed by atoms with Crippen molar-refractivity contribution in [1.29, 1.82) is 0 Å². The van der Waals surface area contributed by atoms with Gasteiger partial charge >= 0.3 is 5.97 Å². The highest BCUT2D eigenvalue weighted by Gasteiger charge is 2.14. The van der Waals surface area contributed by atoms with Crippen LogP contribution in [-0.4, -0.2) is 15.4 Å². The molecule has 2 aromatic carbocycles. The minimum Gasteiger partial charge on any atom is -0.456 e. The summed E-state index contributed by atoms with van der Waals surface area (Å²) in [7, 11) is 0. The van der Waals surface area contributed by atoms with E-state index in [9.17, 15) is 9.59 Å². The van der Waals surface area contributed by atoms with Gasteiger partial charge in [-0.1, -0.05) is 48.5 Å². The maximum absolute atomic E-state index is 12.7. The second kappa shape index (κ2) is 7.78. The number of nitrogens with zero attached hydrogens (tertiary/aromatic N) is 2. The fraction of sp³-hybridized carbons (Fsp3) is 0.136. The van der Waals surface area contributed by atoms with Gasteiger partial charge in [0, 0.05) is 17.1 Å². The molecule has 0 unspecified atom stereocenters. The lowest BCUT2D eigenvalue weighted by Gasteiger charge is -2.10. The summed E-state index contributed by atoms with van der Waals surface area (Å²) in [5.41, 5.74) is 3.67. The van der Waals surface area contributed by atoms with Crippen molar-refractivity contribution in [2.24, 2.45) is 0 Å². The van der Waals surface area contributed by atoms with Gasteiger partial charge in [-0.25, -0.2) is 9.78 Å². The molecule has 2 heterocycles. The van der Waals surface area contributed by atoms with Crippen LogP contribution in [0.3, 0.4) is 0 Å². The second-order valence-electron chi connectivity index (χ2n) is 6.48. The number of aromatic nitrogens is 2. The summed E-state index contributed by atoms with van der Waals surface area (Å²) in [5.74, 6) is -0.420. The molecule has 0 aliphatic rings. The van der Waals surface area contributed by atoms with Crippen LogP contribution in [-0.2, 0) is 17.8 Å². The molecule has 0 N–H and O–H groups in total. The molecule has 0 saturated carbocycles. The molecule has 0 spiro atoms. The molecule has 6 heteroatoms. The summed E-state index contributed by atoms with van der Waals surface area (Å²) >= 11 is 1.39. The molecular weight excluding hydrogens is 372 g/mol. The summed E-state index contributed by atoms with van der Waals surface area (Å²) in [6, 6.07) is 18.8. The Bertz CT molecular complexity index is 1200. The Balaban J connectivity index is 1.52. The number of fused-ring (bicyclic) bond motifs is 1. The highest BCUT2D eigenvalue weighted by Crippen LogP contribution is 2.17. The minimum absolute atomic E-state index is 0.0405. The van der Waals surface area contributed by atoms with Crippen LogP contribution in [0.15, 0.2) is 70.8 Å². The van der Waals surface area contributed by atoms with E-state index in [0.717, 1.165) is 16.8 Å². The Kier molecular flexibility index (Phi) is 5.04. The highest BCUT2D eigenvalue weighted by molar-refractivity contribution is 7.15. The Labute approximate surface area is 165 Å². The predicted octanol–water partition coefficient (Wildman–Crippen LogP) is 4.01. The topological polar surface area (TPSA) is 60.7 Å². The summed E-state index contributed by atoms with van der Waals surface area (Å²) in [5, 5.41) is 1.87. The summed E-state index contributed by atoms with van der Waals surface area (Å²) in [6.07, 6.45) is 0.645. The van der Waals surface area contributed by atoms with Gasteiger partial charge in [-0.05, 0) is 30.5 Å². The molecule has 5 nitrogen and oxygen atoms in total. The highest BCUT2D eigenvalue weighted by atomic mass is 32.1. The Morgan fingerprint density at radius 3 is 2.68 bits per heavy atom. The van der Waals surface area contributed by atoms with Crippen molar-refractivity contribution in [2.45, 2.75) is 20.0 Å². The number of hydrogen-bond donors (Lipinski definition) is 0. The minimum atomic E-state index is -0.420. The zero-order chi connectivity index (χ0) is 19.5. The first-order valence-electron chi connectivity index (χ1n) is 8.87. The van der Waals surface area contributed by atoms with E-state index in [1.54, 1.807) is 10.5 Å². The Hall–Kier alpha value is -3.25. The van der Waals surface area contributed by atoms with Crippen LogP contribution in [0.1, 0.15) is 32.9 Å². The van der Waals surface area contributed by atoms with Crippen molar-refractivity contribution < 1.29 is 9.53 Å². The summed E-state index contributed by atoms with van der Waals surface area (Å²) in [6.45, 7) is 1.82. The second-order valence-corrected chi connectivity index (χ2v) is 7.31. The first-order chi connectivity index (χ1) is 13.6. The smallest absolute Gasteiger partial charge is 0.338 e. The molecule has 2 aromatic heterocycles. The first-order valence-corrected chi connectivity index (χ1v) is 9.75. The van der Waals surface area contributed by atoms with Crippen molar-refractivity contribution in [3.8, 4) is 0 Å². The molecule has 4 rings (SSSR count). The van der Waals surface area contributed by atoms with Gasteiger partial charge in [-0.2, -0.15) is 0 Å². The average molecular weight is 390 g/mol. The van der Waals surface area contributed by atoms with Crippen LogP contribution in [0, 0.1) is 6.92 Å². The first kappa shape index (κ1) is 18.1. The largest absolute Gasteiger partial charge is 0.456 e. The third kappa shape index (κ3) is 3.73. The number of benzene rings is 2. The van der Waals surface area contributed by atoms with Crippen LogP contribution < -0.4 is 5.56 Å². The molecule has 28 heavy (non-hydrogen) atoms. The standard InChI is InChI=1S/C22H18N2O3S/c1-15-14-28-22-23-18(12-20(25)24(15)22)13-27-21(26)19-10-6-5-9-17(19)11-16-7-3-2-4-8-16/h2-10,12,14H,11,13H2,1H3. The molecule has 0 radical (unpaired) electrons. The monoisotopic (exact) mass is 390 g/mol. The molecule has 0 amide bonds. The van der Waals surface area contributed by atoms with E-state index >= 15 is 0 Å². The fourth-order valence-corrected chi connectivity index (χ4v) is 3.97. The zero-order valence-corrected chi connectivity index (χ0v) is 16.1. The number of esters is 1. The van der Waals surface area contributed by atoms with E-state index in [4.69, 9.17) is 4.74 Å². The van der Waals surface area contributed by atoms with E-state index in [-0.39, 0.29) is 12.2 Å². The number of thiazole rings is 1. The third-order valence-corrected chi connectivity index (χ3v) is 5.40. The van der Waals surface area contributed by atoms with Crippen molar-refractivity contribution in [2.75, 3.05) is 0 Å². The third-order valence-electron chi connectivity index (χ3n) is 4.45. The number of ether oxygens (including phenoxy) is 1. The molecule has 0 atom stereocenters. The van der Waals surface area contributed by atoms with Crippen molar-refractivity contribution in [3.63, 3.8) is 0 Å². The molecule has 0 aliphatic heterocycles. The van der Waals surface area contributed by atoms with Gasteiger partial charge in [-0.15, -0.1) is 11.3 Å². The lowest BCUT2D eigenvalue weighted by atomic mass is 10.00. The van der Waals surface area contributed by atoms with Crippen molar-refractivity contribution >= 4 is 22.3 Å². The SMILES string of the molecule is Cc1csc2nc(COC(=O)c3ccccc3Cc3ccccc3)cc(=O)n12. The Morgan fingerprint density at radius 2 is 1.86 bits per heavy atom. The number of aryl methyl sites for hydroxylation is 1. The van der Waals surface area contributed by atoms with E-state index < -0.39 is 5.97 Å². The molecule has 4 aromatic rings. The van der Waals surface area contributed by atoms with Crippen LogP contribution >= 0.6 is 11.3 Å². The number of carbonyl (C=O) groups excluding carboxylic acids is 1. The van der Waals surface area contributed by atoms with E-state index in [1.807, 2.05) is 60.8 Å². The lowest BCUT2D eigenvalue weighted by Crippen LogP contribution is -2.16. The van der Waals surface area contributed by atoms with Gasteiger partial charge in [0.25, 0.3) is 5.56 Å². The van der Waals surface area contributed by atoms with Gasteiger partial charge in [-0.3, -0.25) is 9.20 Å². The zero-order valence-electron chi connectivity index (χ0n) is 15.3. The lowest BCUT2D eigenvalue weighted by molar-refractivity contribution is 0.0466. The van der Waals surface area contributed by atoms with Gasteiger partial charge in [0.05, 0.1) is 11.3 Å². The van der Waals surface area contributed by atoms with E-state index in [1.165, 1.54) is 17.4 Å². The molecule has 0 saturated heterocycles. The maximum Gasteiger partial charge on any atom is 0.338 e. The van der Waals surface area contributed by atoms with Crippen LogP contribution in [0.2, 0.25) is 0 Å². The quantitative estimate of drug-likeness (QED) is 0.483. The molecule has 0 fully saturated rings. The molecule has 0 bridgehead atoms. The number of rotatable bonds is 5. The van der Waals surface area contributed by atoms with Crippen molar-refractivity contribution in [3.05, 3.63) is 104 Å². The van der Waals surface area contributed by atoms with Crippen LogP contribution in [0.25, 0.3) is 4.96 Å². The number of hydrogen-bond acceptors (Lipinski definition) is 5. The summed E-state index contributed by atoms with van der Waals surface area (Å²) < 4.78 is 7.01. The van der Waals surface area contributed by atoms with Gasteiger partial charge in [0.2, 0.25) is 0 Å². The fourth-order valence-electron chi connectivity index (χ4n) is 3.08. The van der Waals surface area contributed by atoms with E-state index in [0.29, 0.717) is 22.6 Å². The Morgan fingerprint density at radius 1 is 1.11 bits per heavy atom. The predicted molar refractivity (Wildman–Crippen MR) is 109 cm³/mol. The average Bonchev–Trinajstić information content (AvgIpc) is 3.08. The van der Waals surface area contributed by atoms with Gasteiger partial charge < -0.3 is 4.74 Å². The number of carbonyl (C=O) groups is 1. The van der Waals surface area contributed by atoms with Crippen molar-refractivity contribution in [1.82, 2.24) is 9.38 Å². The summed E-state index contributed by atoms with van der Waals surface area (Å²) in [4.78, 5) is 29.9. The van der Waals surface area contributed by atoms with E-state index in [2.05, 4.69) is 4.98 Å².